The number of carbonyl (C=O) groups is 2. The third-order valence-electron chi connectivity index (χ3n) is 6.10. The minimum Gasteiger partial charge on any atom is -0.456 e. The Bertz CT molecular complexity index is 593. The summed E-state index contributed by atoms with van der Waals surface area (Å²) in [5, 5.41) is 0. The van der Waals surface area contributed by atoms with E-state index in [1.54, 1.807) is 6.92 Å². The molecule has 0 spiro atoms. The molecule has 140 valence electrons. The van der Waals surface area contributed by atoms with Crippen molar-refractivity contribution in [3.63, 3.8) is 0 Å². The SMILES string of the molecule is C=C(C)C(=O)OC12CC3CC(C1)CC(C(=O)OC(C)C(C)(F)F)(C3)C2. The van der Waals surface area contributed by atoms with Gasteiger partial charge in [-0.2, -0.15) is 0 Å². The minimum atomic E-state index is -3.08. The van der Waals surface area contributed by atoms with E-state index in [1.807, 2.05) is 0 Å². The van der Waals surface area contributed by atoms with Crippen molar-refractivity contribution < 1.29 is 27.8 Å². The maximum Gasteiger partial charge on any atom is 0.333 e. The maximum atomic E-state index is 13.4. The molecular weight excluding hydrogens is 330 g/mol. The third kappa shape index (κ3) is 3.32. The summed E-state index contributed by atoms with van der Waals surface area (Å²) in [7, 11) is 0. The molecule has 6 heteroatoms. The van der Waals surface area contributed by atoms with Gasteiger partial charge in [-0.25, -0.2) is 13.6 Å². The number of halogens is 2. The quantitative estimate of drug-likeness (QED) is 0.551. The van der Waals surface area contributed by atoms with E-state index in [4.69, 9.17) is 9.47 Å². The topological polar surface area (TPSA) is 52.6 Å². The Balaban J connectivity index is 1.81. The Kier molecular flexibility index (Phi) is 4.24. The first kappa shape index (κ1) is 18.3. The number of hydrogen-bond donors (Lipinski definition) is 0. The molecule has 25 heavy (non-hydrogen) atoms. The van der Waals surface area contributed by atoms with Crippen LogP contribution in [0.15, 0.2) is 12.2 Å². The van der Waals surface area contributed by atoms with E-state index >= 15 is 0 Å². The molecule has 0 N–H and O–H groups in total. The minimum absolute atomic E-state index is 0.268. The molecule has 0 saturated heterocycles. The summed E-state index contributed by atoms with van der Waals surface area (Å²) in [5.41, 5.74) is -1.16. The molecule has 4 aliphatic rings. The van der Waals surface area contributed by atoms with Crippen molar-refractivity contribution in [2.45, 2.75) is 76.9 Å². The molecule has 0 aliphatic heterocycles. The van der Waals surface area contributed by atoms with Crippen molar-refractivity contribution in [3.05, 3.63) is 12.2 Å². The average Bonchev–Trinajstić information content (AvgIpc) is 2.43. The van der Waals surface area contributed by atoms with Crippen molar-refractivity contribution >= 4 is 11.9 Å². The third-order valence-corrected chi connectivity index (χ3v) is 6.10. The van der Waals surface area contributed by atoms with Crippen molar-refractivity contribution in [3.8, 4) is 0 Å². The van der Waals surface area contributed by atoms with Crippen LogP contribution in [-0.4, -0.2) is 29.6 Å². The summed E-state index contributed by atoms with van der Waals surface area (Å²) in [5.74, 6) is -3.55. The van der Waals surface area contributed by atoms with Crippen molar-refractivity contribution in [2.24, 2.45) is 17.3 Å². The molecule has 4 rings (SSSR count). The molecule has 0 heterocycles. The Morgan fingerprint density at radius 1 is 1.20 bits per heavy atom. The summed E-state index contributed by atoms with van der Waals surface area (Å²) in [6.45, 7) is 7.19. The highest BCUT2D eigenvalue weighted by molar-refractivity contribution is 5.87. The second kappa shape index (κ2) is 5.78. The van der Waals surface area contributed by atoms with Gasteiger partial charge in [0.1, 0.15) is 5.60 Å². The fraction of sp³-hybridized carbons (Fsp3) is 0.789. The summed E-state index contributed by atoms with van der Waals surface area (Å²) in [6, 6.07) is 0. The molecule has 4 saturated carbocycles. The summed E-state index contributed by atoms with van der Waals surface area (Å²) >= 11 is 0. The summed E-state index contributed by atoms with van der Waals surface area (Å²) < 4.78 is 37.8. The molecule has 0 aromatic carbocycles. The lowest BCUT2D eigenvalue weighted by Crippen LogP contribution is -2.60. The van der Waals surface area contributed by atoms with E-state index in [1.165, 1.54) is 6.92 Å². The summed E-state index contributed by atoms with van der Waals surface area (Å²) in [6.07, 6.45) is 2.64. The second-order valence-corrected chi connectivity index (χ2v) is 8.60. The smallest absolute Gasteiger partial charge is 0.333 e. The molecule has 4 bridgehead atoms. The highest BCUT2D eigenvalue weighted by Crippen LogP contribution is 2.63. The lowest BCUT2D eigenvalue weighted by atomic mass is 9.48. The second-order valence-electron chi connectivity index (χ2n) is 8.60. The fourth-order valence-electron chi connectivity index (χ4n) is 5.21. The van der Waals surface area contributed by atoms with Crippen LogP contribution in [0.5, 0.6) is 0 Å². The van der Waals surface area contributed by atoms with E-state index < -0.39 is 35.0 Å². The average molecular weight is 356 g/mol. The van der Waals surface area contributed by atoms with Gasteiger partial charge < -0.3 is 9.47 Å². The molecule has 4 aliphatic carbocycles. The Morgan fingerprint density at radius 2 is 1.76 bits per heavy atom. The number of carbonyl (C=O) groups excluding carboxylic acids is 2. The molecule has 0 aromatic heterocycles. The summed E-state index contributed by atoms with van der Waals surface area (Å²) in [4.78, 5) is 24.9. The number of esters is 2. The van der Waals surface area contributed by atoms with E-state index in [9.17, 15) is 18.4 Å². The Morgan fingerprint density at radius 3 is 2.24 bits per heavy atom. The van der Waals surface area contributed by atoms with E-state index in [-0.39, 0.29) is 11.8 Å². The van der Waals surface area contributed by atoms with Gasteiger partial charge in [0.15, 0.2) is 6.10 Å². The normalized spacial score (nSPS) is 37.5. The Hall–Kier alpha value is -1.46. The molecule has 0 amide bonds. The van der Waals surface area contributed by atoms with Gasteiger partial charge >= 0.3 is 11.9 Å². The van der Waals surface area contributed by atoms with E-state index in [0.717, 1.165) is 26.2 Å². The molecule has 0 aromatic rings. The zero-order chi connectivity index (χ0) is 18.6. The highest BCUT2D eigenvalue weighted by Gasteiger charge is 2.63. The van der Waals surface area contributed by atoms with Crippen LogP contribution in [0.3, 0.4) is 0 Å². The lowest BCUT2D eigenvalue weighted by molar-refractivity contribution is -0.218. The fourth-order valence-corrected chi connectivity index (χ4v) is 5.21. The van der Waals surface area contributed by atoms with Gasteiger partial charge in [-0.3, -0.25) is 4.79 Å². The van der Waals surface area contributed by atoms with Crippen LogP contribution < -0.4 is 0 Å². The van der Waals surface area contributed by atoms with Gasteiger partial charge in [-0.1, -0.05) is 6.58 Å². The molecule has 3 unspecified atom stereocenters. The number of alkyl halides is 2. The molecule has 4 nitrogen and oxygen atoms in total. The first-order valence-electron chi connectivity index (χ1n) is 8.92. The van der Waals surface area contributed by atoms with Crippen molar-refractivity contribution in [1.82, 2.24) is 0 Å². The van der Waals surface area contributed by atoms with Crippen molar-refractivity contribution in [1.29, 1.82) is 0 Å². The molecule has 3 atom stereocenters. The monoisotopic (exact) mass is 356 g/mol. The lowest BCUT2D eigenvalue weighted by Gasteiger charge is -2.59. The van der Waals surface area contributed by atoms with Gasteiger partial charge in [0.05, 0.1) is 5.41 Å². The van der Waals surface area contributed by atoms with Crippen LogP contribution in [0.1, 0.15) is 59.3 Å². The predicted molar refractivity (Wildman–Crippen MR) is 86.9 cm³/mol. The molecule has 4 fully saturated rings. The highest BCUT2D eigenvalue weighted by atomic mass is 19.3. The van der Waals surface area contributed by atoms with E-state index in [2.05, 4.69) is 6.58 Å². The number of rotatable bonds is 5. The van der Waals surface area contributed by atoms with Crippen LogP contribution >= 0.6 is 0 Å². The van der Waals surface area contributed by atoms with Crippen molar-refractivity contribution in [2.75, 3.05) is 0 Å². The van der Waals surface area contributed by atoms with Crippen LogP contribution in [-0.2, 0) is 19.1 Å². The first-order valence-corrected chi connectivity index (χ1v) is 8.92. The van der Waals surface area contributed by atoms with Crippen LogP contribution in [0, 0.1) is 17.3 Å². The zero-order valence-corrected chi connectivity index (χ0v) is 15.1. The zero-order valence-electron chi connectivity index (χ0n) is 15.1. The largest absolute Gasteiger partial charge is 0.456 e. The Labute approximate surface area is 146 Å². The predicted octanol–water partition coefficient (Wildman–Crippen LogP) is 4.03. The molecular formula is C19H26F2O4. The first-order chi connectivity index (χ1) is 11.4. The molecule has 0 radical (unpaired) electrons. The maximum absolute atomic E-state index is 13.4. The van der Waals surface area contributed by atoms with Gasteiger partial charge in [0.25, 0.3) is 5.92 Å². The van der Waals surface area contributed by atoms with E-state index in [0.29, 0.717) is 24.8 Å². The van der Waals surface area contributed by atoms with Gasteiger partial charge in [0.2, 0.25) is 0 Å². The van der Waals surface area contributed by atoms with Crippen LogP contribution in [0.2, 0.25) is 0 Å². The van der Waals surface area contributed by atoms with Gasteiger partial charge in [0, 0.05) is 18.9 Å². The standard InChI is InChI=1S/C19H26F2O4/c1-11(2)15(22)25-19-8-13-5-14(9-19)7-18(6-13,10-19)16(23)24-12(3)17(4,20)21/h12-14H,1,5-10H2,2-4H3. The van der Waals surface area contributed by atoms with Gasteiger partial charge in [-0.05, 0) is 57.8 Å². The van der Waals surface area contributed by atoms with Crippen LogP contribution in [0.25, 0.3) is 0 Å². The van der Waals surface area contributed by atoms with Gasteiger partial charge in [-0.15, -0.1) is 0 Å². The number of ether oxygens (including phenoxy) is 2. The van der Waals surface area contributed by atoms with Crippen LogP contribution in [0.4, 0.5) is 8.78 Å². The number of hydrogen-bond acceptors (Lipinski definition) is 4.